The van der Waals surface area contributed by atoms with Gasteiger partial charge in [-0.05, 0) is 63.0 Å². The van der Waals surface area contributed by atoms with Crippen molar-refractivity contribution in [1.82, 2.24) is 10.8 Å². The fraction of sp³-hybridized carbons (Fsp3) is 0.471. The lowest BCUT2D eigenvalue weighted by atomic mass is 9.94. The van der Waals surface area contributed by atoms with E-state index >= 15 is 0 Å². The van der Waals surface area contributed by atoms with Crippen molar-refractivity contribution in [3.8, 4) is 17.6 Å². The zero-order chi connectivity index (χ0) is 18.3. The largest absolute Gasteiger partial charge is 0.481 e. The first kappa shape index (κ1) is 22.3. The van der Waals surface area contributed by atoms with E-state index in [-0.39, 0.29) is 29.8 Å². The van der Waals surface area contributed by atoms with Crippen LogP contribution in [0, 0.1) is 17.8 Å². The molecule has 26 heavy (non-hydrogen) atoms. The highest BCUT2D eigenvalue weighted by Gasteiger charge is 2.40. The van der Waals surface area contributed by atoms with Crippen molar-refractivity contribution in [2.24, 2.45) is 5.92 Å². The summed E-state index contributed by atoms with van der Waals surface area (Å²) < 4.78 is 31.3. The summed E-state index contributed by atoms with van der Waals surface area (Å²) in [4.78, 5) is 12.1. The Hall–Kier alpha value is -1.79. The number of amides is 1. The van der Waals surface area contributed by atoms with Gasteiger partial charge in [0.15, 0.2) is 9.84 Å². The van der Waals surface area contributed by atoms with Gasteiger partial charge < -0.3 is 10.1 Å². The fourth-order valence-electron chi connectivity index (χ4n) is 2.88. The standard InChI is InChI=1S/C17H22N2O5S.ClH/c1-2-3-12-24-14-4-6-15(7-5-14)25(22,23)16(17(20)19-21)13-8-10-18-11-9-13;/h4-7,13,16,18,21H,8-12H2,1H3,(H,19,20);1H. The molecule has 1 heterocycles. The summed E-state index contributed by atoms with van der Waals surface area (Å²) in [6, 6.07) is 5.87. The van der Waals surface area contributed by atoms with Crippen LogP contribution in [0.2, 0.25) is 0 Å². The van der Waals surface area contributed by atoms with E-state index in [9.17, 15) is 13.2 Å². The molecular weight excluding hydrogens is 380 g/mol. The van der Waals surface area contributed by atoms with Gasteiger partial charge in [0, 0.05) is 0 Å². The Kier molecular flexibility index (Phi) is 8.88. The number of rotatable bonds is 6. The molecule has 0 radical (unpaired) electrons. The summed E-state index contributed by atoms with van der Waals surface area (Å²) in [6.07, 6.45) is 1.10. The van der Waals surface area contributed by atoms with Crippen LogP contribution in [-0.4, -0.2) is 44.5 Å². The average molecular weight is 403 g/mol. The molecular formula is C17H23ClN2O5S. The number of hydrogen-bond donors (Lipinski definition) is 3. The highest BCUT2D eigenvalue weighted by atomic mass is 35.5. The van der Waals surface area contributed by atoms with Crippen LogP contribution < -0.4 is 15.5 Å². The molecule has 0 bridgehead atoms. The van der Waals surface area contributed by atoms with Crippen molar-refractivity contribution in [2.75, 3.05) is 19.7 Å². The highest BCUT2D eigenvalue weighted by Crippen LogP contribution is 2.28. The molecule has 3 N–H and O–H groups in total. The van der Waals surface area contributed by atoms with Gasteiger partial charge in [0.05, 0.1) is 4.90 Å². The Morgan fingerprint density at radius 2 is 1.96 bits per heavy atom. The Morgan fingerprint density at radius 1 is 1.35 bits per heavy atom. The Labute approximate surface area is 159 Å². The maximum absolute atomic E-state index is 12.9. The first-order chi connectivity index (χ1) is 12.0. The van der Waals surface area contributed by atoms with Crippen LogP contribution >= 0.6 is 12.4 Å². The molecule has 7 nitrogen and oxygen atoms in total. The van der Waals surface area contributed by atoms with Crippen LogP contribution in [0.5, 0.6) is 5.75 Å². The minimum absolute atomic E-state index is 0. The summed E-state index contributed by atoms with van der Waals surface area (Å²) in [6.45, 7) is 3.20. The van der Waals surface area contributed by atoms with Crippen LogP contribution in [0.25, 0.3) is 0 Å². The first-order valence-corrected chi connectivity index (χ1v) is 9.56. The highest BCUT2D eigenvalue weighted by molar-refractivity contribution is 7.92. The summed E-state index contributed by atoms with van der Waals surface area (Å²) >= 11 is 0. The summed E-state index contributed by atoms with van der Waals surface area (Å²) in [5, 5.41) is 10.8. The van der Waals surface area contributed by atoms with Crippen molar-refractivity contribution in [1.29, 1.82) is 0 Å². The molecule has 0 aromatic heterocycles. The second-order valence-electron chi connectivity index (χ2n) is 5.72. The Morgan fingerprint density at radius 3 is 2.50 bits per heavy atom. The number of piperidine rings is 1. The van der Waals surface area contributed by atoms with Crippen LogP contribution in [-0.2, 0) is 14.6 Å². The lowest BCUT2D eigenvalue weighted by molar-refractivity contribution is -0.129. The molecule has 144 valence electrons. The van der Waals surface area contributed by atoms with Crippen molar-refractivity contribution in [3.63, 3.8) is 0 Å². The van der Waals surface area contributed by atoms with Gasteiger partial charge in [-0.1, -0.05) is 5.92 Å². The van der Waals surface area contributed by atoms with Gasteiger partial charge in [-0.2, -0.15) is 0 Å². The number of hydroxylamine groups is 1. The van der Waals surface area contributed by atoms with Crippen LogP contribution in [0.4, 0.5) is 0 Å². The van der Waals surface area contributed by atoms with Crippen molar-refractivity contribution < 1.29 is 23.2 Å². The monoisotopic (exact) mass is 402 g/mol. The third-order valence-corrected chi connectivity index (χ3v) is 6.35. The normalized spacial score (nSPS) is 15.8. The molecule has 0 spiro atoms. The fourth-order valence-corrected chi connectivity index (χ4v) is 4.80. The van der Waals surface area contributed by atoms with E-state index in [1.54, 1.807) is 6.92 Å². The molecule has 0 aliphatic carbocycles. The van der Waals surface area contributed by atoms with Crippen molar-refractivity contribution in [3.05, 3.63) is 24.3 Å². The zero-order valence-corrected chi connectivity index (χ0v) is 16.0. The number of ether oxygens (including phenoxy) is 1. The molecule has 1 aliphatic heterocycles. The van der Waals surface area contributed by atoms with E-state index in [1.807, 2.05) is 0 Å². The van der Waals surface area contributed by atoms with E-state index in [1.165, 1.54) is 29.7 Å². The number of nitrogens with one attached hydrogen (secondary N) is 2. The van der Waals surface area contributed by atoms with E-state index in [0.717, 1.165) is 0 Å². The number of sulfone groups is 1. The Bertz CT molecular complexity index is 750. The molecule has 1 aromatic carbocycles. The van der Waals surface area contributed by atoms with Crippen LogP contribution in [0.1, 0.15) is 19.8 Å². The molecule has 1 unspecified atom stereocenters. The van der Waals surface area contributed by atoms with Gasteiger partial charge in [-0.25, -0.2) is 13.9 Å². The van der Waals surface area contributed by atoms with Gasteiger partial charge in [0.1, 0.15) is 17.6 Å². The third-order valence-electron chi connectivity index (χ3n) is 4.15. The van der Waals surface area contributed by atoms with Crippen molar-refractivity contribution >= 4 is 28.2 Å². The smallest absolute Gasteiger partial charge is 0.262 e. The lowest BCUT2D eigenvalue weighted by Gasteiger charge is -2.29. The molecule has 1 saturated heterocycles. The van der Waals surface area contributed by atoms with E-state index in [0.29, 0.717) is 31.7 Å². The molecule has 2 rings (SSSR count). The minimum atomic E-state index is -3.94. The van der Waals surface area contributed by atoms with E-state index in [2.05, 4.69) is 17.2 Å². The maximum atomic E-state index is 12.9. The molecule has 0 saturated carbocycles. The third kappa shape index (κ3) is 5.35. The molecule has 1 aliphatic rings. The second-order valence-corrected chi connectivity index (χ2v) is 7.79. The quantitative estimate of drug-likeness (QED) is 0.374. The topological polar surface area (TPSA) is 105 Å². The Balaban J connectivity index is 0.00000338. The predicted octanol–water partition coefficient (Wildman–Crippen LogP) is 1.16. The summed E-state index contributed by atoms with van der Waals surface area (Å²) in [5.74, 6) is 4.69. The van der Waals surface area contributed by atoms with Gasteiger partial charge in [-0.15, -0.1) is 18.3 Å². The van der Waals surface area contributed by atoms with Crippen LogP contribution in [0.15, 0.2) is 29.2 Å². The first-order valence-electron chi connectivity index (χ1n) is 8.01. The van der Waals surface area contributed by atoms with Crippen LogP contribution in [0.3, 0.4) is 0 Å². The predicted molar refractivity (Wildman–Crippen MR) is 99.1 cm³/mol. The SMILES string of the molecule is CC#CCOc1ccc(S(=O)(=O)C(C(=O)NO)C2CCNCC2)cc1.Cl. The van der Waals surface area contributed by atoms with Gasteiger partial charge in [0.2, 0.25) is 0 Å². The van der Waals surface area contributed by atoms with Gasteiger partial charge in [-0.3, -0.25) is 10.0 Å². The van der Waals surface area contributed by atoms with E-state index < -0.39 is 21.0 Å². The number of carbonyl (C=O) groups excluding carboxylic acids is 1. The molecule has 1 amide bonds. The van der Waals surface area contributed by atoms with Gasteiger partial charge >= 0.3 is 0 Å². The summed E-state index contributed by atoms with van der Waals surface area (Å²) in [7, 11) is -3.94. The molecule has 1 aromatic rings. The van der Waals surface area contributed by atoms with Gasteiger partial charge in [0.25, 0.3) is 5.91 Å². The maximum Gasteiger partial charge on any atom is 0.262 e. The number of carbonyl (C=O) groups is 1. The zero-order valence-electron chi connectivity index (χ0n) is 14.4. The van der Waals surface area contributed by atoms with Crippen molar-refractivity contribution in [2.45, 2.75) is 29.9 Å². The molecule has 1 fully saturated rings. The second kappa shape index (κ2) is 10.4. The number of halogens is 1. The minimum Gasteiger partial charge on any atom is -0.481 e. The molecule has 1 atom stereocenters. The number of hydrogen-bond acceptors (Lipinski definition) is 6. The number of benzene rings is 1. The lowest BCUT2D eigenvalue weighted by Crippen LogP contribution is -2.46. The summed E-state index contributed by atoms with van der Waals surface area (Å²) in [5.41, 5.74) is 1.51. The molecule has 9 heteroatoms. The average Bonchev–Trinajstić information content (AvgIpc) is 2.63. The van der Waals surface area contributed by atoms with E-state index in [4.69, 9.17) is 9.94 Å².